The predicted molar refractivity (Wildman–Crippen MR) is 131 cm³/mol. The fourth-order valence-corrected chi connectivity index (χ4v) is 4.31. The smallest absolute Gasteiger partial charge is 0.191 e. The molecule has 7 nitrogen and oxygen atoms in total. The molecule has 2 aromatic heterocycles. The van der Waals surface area contributed by atoms with E-state index in [1.807, 2.05) is 12.1 Å². The van der Waals surface area contributed by atoms with Crippen molar-refractivity contribution in [2.45, 2.75) is 63.2 Å². The zero-order valence-electron chi connectivity index (χ0n) is 17.5. The van der Waals surface area contributed by atoms with Crippen molar-refractivity contribution in [2.24, 2.45) is 4.99 Å². The number of hydrogen-bond acceptors (Lipinski definition) is 4. The van der Waals surface area contributed by atoms with Crippen LogP contribution in [-0.4, -0.2) is 51.2 Å². The Morgan fingerprint density at radius 1 is 1.21 bits per heavy atom. The van der Waals surface area contributed by atoms with Crippen LogP contribution in [0.2, 0.25) is 0 Å². The monoisotopic (exact) mass is 531 g/mol. The topological polar surface area (TPSA) is 72.1 Å². The van der Waals surface area contributed by atoms with Gasteiger partial charge in [0.2, 0.25) is 0 Å². The normalized spacial score (nSPS) is 14.8. The molecule has 0 unspecified atom stereocenters. The van der Waals surface area contributed by atoms with Gasteiger partial charge in [-0.15, -0.1) is 34.2 Å². The number of halogens is 1. The van der Waals surface area contributed by atoms with Gasteiger partial charge in [0, 0.05) is 51.0 Å². The van der Waals surface area contributed by atoms with Crippen molar-refractivity contribution in [3.8, 4) is 0 Å². The van der Waals surface area contributed by atoms with Gasteiger partial charge in [0.05, 0.1) is 0 Å². The second-order valence-electron chi connectivity index (χ2n) is 7.12. The largest absolute Gasteiger partial charge is 0.357 e. The molecule has 1 aliphatic carbocycles. The van der Waals surface area contributed by atoms with Crippen molar-refractivity contribution in [1.82, 2.24) is 30.0 Å². The molecule has 1 fully saturated rings. The number of aryl methyl sites for hydroxylation is 1. The molecule has 0 radical (unpaired) electrons. The molecule has 0 saturated heterocycles. The maximum absolute atomic E-state index is 4.72. The summed E-state index contributed by atoms with van der Waals surface area (Å²) in [5.41, 5.74) is 0. The highest BCUT2D eigenvalue weighted by Gasteiger charge is 2.23. The summed E-state index contributed by atoms with van der Waals surface area (Å²) >= 11 is 1.70. The summed E-state index contributed by atoms with van der Waals surface area (Å²) in [6.07, 6.45) is 13.3. The molecule has 162 valence electrons. The van der Waals surface area contributed by atoms with Gasteiger partial charge in [-0.05, 0) is 44.6 Å². The molecule has 0 amide bonds. The number of aliphatic imine (C=N–C) groups is 1. The van der Waals surface area contributed by atoms with Crippen LogP contribution in [-0.2, 0) is 13.0 Å². The Morgan fingerprint density at radius 2 is 1.97 bits per heavy atom. The van der Waals surface area contributed by atoms with Crippen LogP contribution < -0.4 is 10.6 Å². The lowest BCUT2D eigenvalue weighted by Crippen LogP contribution is -2.38. The molecule has 3 rings (SSSR count). The molecule has 2 heterocycles. The maximum atomic E-state index is 4.72. The first-order valence-corrected chi connectivity index (χ1v) is 11.6. The van der Waals surface area contributed by atoms with E-state index in [0.717, 1.165) is 56.0 Å². The molecule has 0 spiro atoms. The minimum absolute atomic E-state index is 0. The Bertz CT molecular complexity index is 723. The number of nitrogens with zero attached hydrogens (tertiary/aromatic N) is 5. The van der Waals surface area contributed by atoms with Crippen LogP contribution in [0.25, 0.3) is 0 Å². The van der Waals surface area contributed by atoms with E-state index in [4.69, 9.17) is 4.99 Å². The van der Waals surface area contributed by atoms with Gasteiger partial charge >= 0.3 is 0 Å². The van der Waals surface area contributed by atoms with E-state index in [-0.39, 0.29) is 24.0 Å². The lowest BCUT2D eigenvalue weighted by atomic mass is 10.2. The fraction of sp³-hybridized carbons (Fsp3) is 0.650. The van der Waals surface area contributed by atoms with Crippen molar-refractivity contribution >= 4 is 41.7 Å². The Hall–Kier alpha value is -1.23. The van der Waals surface area contributed by atoms with Crippen LogP contribution in [0.4, 0.5) is 0 Å². The van der Waals surface area contributed by atoms with Gasteiger partial charge < -0.3 is 19.8 Å². The van der Waals surface area contributed by atoms with Gasteiger partial charge in [-0.1, -0.05) is 24.6 Å². The SMILES string of the molecule is CCNC(=NCCCc1nnc(SC)n1C1CCCC1)NCCn1cccc1.I. The maximum Gasteiger partial charge on any atom is 0.191 e. The molecule has 29 heavy (non-hydrogen) atoms. The molecule has 0 atom stereocenters. The summed E-state index contributed by atoms with van der Waals surface area (Å²) in [5.74, 6) is 2.01. The van der Waals surface area contributed by atoms with E-state index >= 15 is 0 Å². The fourth-order valence-electron chi connectivity index (χ4n) is 3.74. The van der Waals surface area contributed by atoms with Crippen molar-refractivity contribution in [2.75, 3.05) is 25.9 Å². The highest BCUT2D eigenvalue weighted by Crippen LogP contribution is 2.33. The number of rotatable bonds is 10. The van der Waals surface area contributed by atoms with Crippen LogP contribution in [0.3, 0.4) is 0 Å². The zero-order valence-corrected chi connectivity index (χ0v) is 20.7. The summed E-state index contributed by atoms with van der Waals surface area (Å²) in [4.78, 5) is 4.72. The standard InChI is InChI=1S/C20H33N7S.HI/c1-3-21-19(23-13-16-26-14-6-7-15-26)22-12-8-11-18-24-25-20(28-2)27(18)17-9-4-5-10-17;/h6-7,14-15,17H,3-5,8-13,16H2,1-2H3,(H2,21,22,23);1H. The third-order valence-corrected chi connectivity index (χ3v) is 5.75. The van der Waals surface area contributed by atoms with Gasteiger partial charge in [0.15, 0.2) is 11.1 Å². The second-order valence-corrected chi connectivity index (χ2v) is 7.90. The van der Waals surface area contributed by atoms with Gasteiger partial charge in [-0.2, -0.15) is 0 Å². The van der Waals surface area contributed by atoms with E-state index in [1.165, 1.54) is 25.7 Å². The minimum atomic E-state index is 0. The summed E-state index contributed by atoms with van der Waals surface area (Å²) in [6, 6.07) is 4.68. The Labute approximate surface area is 195 Å². The van der Waals surface area contributed by atoms with Crippen LogP contribution in [0, 0.1) is 0 Å². The molecule has 0 aromatic carbocycles. The molecule has 2 N–H and O–H groups in total. The second kappa shape index (κ2) is 13.1. The molecule has 0 aliphatic heterocycles. The van der Waals surface area contributed by atoms with E-state index < -0.39 is 0 Å². The summed E-state index contributed by atoms with van der Waals surface area (Å²) < 4.78 is 4.55. The Kier molecular flexibility index (Phi) is 10.9. The van der Waals surface area contributed by atoms with Crippen molar-refractivity contribution in [3.63, 3.8) is 0 Å². The molecule has 0 bridgehead atoms. The molecule has 1 saturated carbocycles. The van der Waals surface area contributed by atoms with Crippen LogP contribution >= 0.6 is 35.7 Å². The average Bonchev–Trinajstić information content (AvgIpc) is 3.46. The number of guanidine groups is 1. The third-order valence-electron chi connectivity index (χ3n) is 5.11. The highest BCUT2D eigenvalue weighted by atomic mass is 127. The average molecular weight is 532 g/mol. The molecular formula is C20H34IN7S. The Balaban J connectivity index is 0.00000300. The van der Waals surface area contributed by atoms with Gasteiger partial charge in [0.1, 0.15) is 5.82 Å². The lowest BCUT2D eigenvalue weighted by Gasteiger charge is -2.16. The van der Waals surface area contributed by atoms with Crippen molar-refractivity contribution < 1.29 is 0 Å². The minimum Gasteiger partial charge on any atom is -0.357 e. The molecular weight excluding hydrogens is 497 g/mol. The van der Waals surface area contributed by atoms with E-state index in [1.54, 1.807) is 11.8 Å². The van der Waals surface area contributed by atoms with Gasteiger partial charge in [0.25, 0.3) is 0 Å². The third kappa shape index (κ3) is 7.20. The first-order valence-electron chi connectivity index (χ1n) is 10.4. The first kappa shape index (κ1) is 24.0. The van der Waals surface area contributed by atoms with Crippen LogP contribution in [0.1, 0.15) is 50.9 Å². The lowest BCUT2D eigenvalue weighted by molar-refractivity contribution is 0.461. The first-order chi connectivity index (χ1) is 13.8. The van der Waals surface area contributed by atoms with E-state index in [9.17, 15) is 0 Å². The van der Waals surface area contributed by atoms with Crippen LogP contribution in [0.15, 0.2) is 34.7 Å². The number of aromatic nitrogens is 4. The van der Waals surface area contributed by atoms with Gasteiger partial charge in [-0.3, -0.25) is 4.99 Å². The summed E-state index contributed by atoms with van der Waals surface area (Å²) in [6.45, 7) is 5.53. The zero-order chi connectivity index (χ0) is 19.6. The number of nitrogens with one attached hydrogen (secondary N) is 2. The summed E-state index contributed by atoms with van der Waals surface area (Å²) in [5, 5.41) is 16.7. The van der Waals surface area contributed by atoms with Gasteiger partial charge in [-0.25, -0.2) is 0 Å². The molecule has 1 aliphatic rings. The van der Waals surface area contributed by atoms with Crippen LogP contribution in [0.5, 0.6) is 0 Å². The van der Waals surface area contributed by atoms with E-state index in [2.05, 4.69) is 55.5 Å². The summed E-state index contributed by atoms with van der Waals surface area (Å²) in [7, 11) is 0. The van der Waals surface area contributed by atoms with E-state index in [0.29, 0.717) is 6.04 Å². The van der Waals surface area contributed by atoms with Crippen molar-refractivity contribution in [1.29, 1.82) is 0 Å². The molecule has 2 aromatic rings. The predicted octanol–water partition coefficient (Wildman–Crippen LogP) is 3.72. The molecule has 9 heteroatoms. The number of hydrogen-bond donors (Lipinski definition) is 2. The Morgan fingerprint density at radius 3 is 2.66 bits per heavy atom. The highest BCUT2D eigenvalue weighted by molar-refractivity contribution is 14.0. The number of thioether (sulfide) groups is 1. The van der Waals surface area contributed by atoms with Crippen molar-refractivity contribution in [3.05, 3.63) is 30.4 Å². The quantitative estimate of drug-likeness (QED) is 0.161.